The predicted molar refractivity (Wildman–Crippen MR) is 53.0 cm³/mol. The highest BCUT2D eigenvalue weighted by Crippen LogP contribution is 2.18. The predicted octanol–water partition coefficient (Wildman–Crippen LogP) is 2.41. The summed E-state index contributed by atoms with van der Waals surface area (Å²) in [5.74, 6) is -0.840. The number of benzene rings is 1. The molecule has 0 fully saturated rings. The molecule has 2 N–H and O–H groups in total. The van der Waals surface area contributed by atoms with Crippen molar-refractivity contribution in [2.75, 3.05) is 6.54 Å². The van der Waals surface area contributed by atoms with Crippen LogP contribution in [0.15, 0.2) is 12.1 Å². The lowest BCUT2D eigenvalue weighted by Gasteiger charge is -2.10. The fourth-order valence-electron chi connectivity index (χ4n) is 1.36. The Balaban J connectivity index is 2.96. The van der Waals surface area contributed by atoms with E-state index < -0.39 is 11.6 Å². The number of nitrogens with two attached hydrogens (primary N) is 1. The van der Waals surface area contributed by atoms with Gasteiger partial charge in [-0.15, -0.1) is 0 Å². The highest BCUT2D eigenvalue weighted by Gasteiger charge is 2.12. The average Bonchev–Trinajstić information content (AvgIpc) is 2.10. The third-order valence-corrected chi connectivity index (χ3v) is 2.24. The smallest absolute Gasteiger partial charge is 0.129 e. The van der Waals surface area contributed by atoms with Crippen LogP contribution in [-0.2, 0) is 6.42 Å². The Morgan fingerprint density at radius 1 is 1.29 bits per heavy atom. The highest BCUT2D eigenvalue weighted by atomic mass is 19.1. The second kappa shape index (κ2) is 4.51. The molecule has 0 aliphatic rings. The zero-order valence-electron chi connectivity index (χ0n) is 8.48. The van der Waals surface area contributed by atoms with E-state index in [1.165, 1.54) is 12.1 Å². The third-order valence-electron chi connectivity index (χ3n) is 2.24. The van der Waals surface area contributed by atoms with E-state index in [0.717, 1.165) is 0 Å². The van der Waals surface area contributed by atoms with E-state index in [1.54, 1.807) is 6.92 Å². The first-order chi connectivity index (χ1) is 6.54. The van der Waals surface area contributed by atoms with Crippen molar-refractivity contribution in [2.24, 2.45) is 11.7 Å². The molecule has 1 unspecified atom stereocenters. The summed E-state index contributed by atoms with van der Waals surface area (Å²) in [6.07, 6.45) is 0.356. The number of hydrogen-bond donors (Lipinski definition) is 1. The molecule has 0 saturated carbocycles. The van der Waals surface area contributed by atoms with Gasteiger partial charge in [-0.1, -0.05) is 6.92 Å². The maximum Gasteiger partial charge on any atom is 0.129 e. The first-order valence-electron chi connectivity index (χ1n) is 4.69. The molecular formula is C11H15F2N. The van der Waals surface area contributed by atoms with E-state index in [1.807, 2.05) is 6.92 Å². The van der Waals surface area contributed by atoms with E-state index in [4.69, 9.17) is 5.73 Å². The summed E-state index contributed by atoms with van der Waals surface area (Å²) in [4.78, 5) is 0. The minimum atomic E-state index is -0.470. The van der Waals surface area contributed by atoms with Crippen LogP contribution in [0.4, 0.5) is 8.78 Å². The molecule has 1 nitrogen and oxygen atoms in total. The summed E-state index contributed by atoms with van der Waals surface area (Å²) in [5, 5.41) is 0. The molecule has 14 heavy (non-hydrogen) atoms. The molecule has 0 heterocycles. The van der Waals surface area contributed by atoms with Crippen LogP contribution in [0.1, 0.15) is 18.1 Å². The molecule has 0 aliphatic carbocycles. The SMILES string of the molecule is Cc1cc(F)c(CC(C)CN)c(F)c1. The Bertz CT molecular complexity index is 300. The van der Waals surface area contributed by atoms with Crippen molar-refractivity contribution in [3.63, 3.8) is 0 Å². The van der Waals surface area contributed by atoms with Crippen molar-refractivity contribution in [3.8, 4) is 0 Å². The Morgan fingerprint density at radius 3 is 2.21 bits per heavy atom. The summed E-state index contributed by atoms with van der Waals surface area (Å²) >= 11 is 0. The molecule has 0 radical (unpaired) electrons. The molecular weight excluding hydrogens is 184 g/mol. The van der Waals surface area contributed by atoms with Gasteiger partial charge >= 0.3 is 0 Å². The van der Waals surface area contributed by atoms with Crippen LogP contribution in [0.2, 0.25) is 0 Å². The normalized spacial score (nSPS) is 12.9. The lowest BCUT2D eigenvalue weighted by Crippen LogP contribution is -2.14. The summed E-state index contributed by atoms with van der Waals surface area (Å²) < 4.78 is 26.7. The van der Waals surface area contributed by atoms with Gasteiger partial charge in [0, 0.05) is 5.56 Å². The molecule has 0 saturated heterocycles. The summed E-state index contributed by atoms with van der Waals surface area (Å²) in [6, 6.07) is 2.70. The van der Waals surface area contributed by atoms with Crippen LogP contribution in [-0.4, -0.2) is 6.54 Å². The van der Waals surface area contributed by atoms with E-state index in [0.29, 0.717) is 18.5 Å². The van der Waals surface area contributed by atoms with Gasteiger partial charge in [0.1, 0.15) is 11.6 Å². The van der Waals surface area contributed by atoms with Gasteiger partial charge in [-0.05, 0) is 43.5 Å². The van der Waals surface area contributed by atoms with Crippen LogP contribution in [0.5, 0.6) is 0 Å². The second-order valence-electron chi connectivity index (χ2n) is 3.75. The standard InChI is InChI=1S/C11H15F2N/c1-7-4-10(12)9(11(13)5-7)3-8(2)6-14/h4-5,8H,3,6,14H2,1-2H3. The molecule has 0 bridgehead atoms. The zero-order valence-corrected chi connectivity index (χ0v) is 8.48. The zero-order chi connectivity index (χ0) is 10.7. The fraction of sp³-hybridized carbons (Fsp3) is 0.455. The van der Waals surface area contributed by atoms with Gasteiger partial charge in [-0.3, -0.25) is 0 Å². The number of hydrogen-bond acceptors (Lipinski definition) is 1. The van der Waals surface area contributed by atoms with Gasteiger partial charge in [0.05, 0.1) is 0 Å². The van der Waals surface area contributed by atoms with Crippen LogP contribution in [0, 0.1) is 24.5 Å². The van der Waals surface area contributed by atoms with Gasteiger partial charge < -0.3 is 5.73 Å². The molecule has 0 amide bonds. The quantitative estimate of drug-likeness (QED) is 0.794. The maximum atomic E-state index is 13.3. The molecule has 78 valence electrons. The van der Waals surface area contributed by atoms with Gasteiger partial charge in [-0.2, -0.15) is 0 Å². The second-order valence-corrected chi connectivity index (χ2v) is 3.75. The van der Waals surface area contributed by atoms with Crippen LogP contribution < -0.4 is 5.73 Å². The van der Waals surface area contributed by atoms with Crippen LogP contribution in [0.3, 0.4) is 0 Å². The molecule has 3 heteroatoms. The van der Waals surface area contributed by atoms with Crippen LogP contribution >= 0.6 is 0 Å². The fourth-order valence-corrected chi connectivity index (χ4v) is 1.36. The first-order valence-corrected chi connectivity index (χ1v) is 4.69. The minimum Gasteiger partial charge on any atom is -0.330 e. The summed E-state index contributed by atoms with van der Waals surface area (Å²) in [6.45, 7) is 3.98. The molecule has 1 atom stereocenters. The van der Waals surface area contributed by atoms with Gasteiger partial charge in [-0.25, -0.2) is 8.78 Å². The Morgan fingerprint density at radius 2 is 1.79 bits per heavy atom. The topological polar surface area (TPSA) is 26.0 Å². The number of halogens is 2. The lowest BCUT2D eigenvalue weighted by atomic mass is 9.99. The van der Waals surface area contributed by atoms with Gasteiger partial charge in [0.2, 0.25) is 0 Å². The first kappa shape index (κ1) is 11.1. The van der Waals surface area contributed by atoms with E-state index in [-0.39, 0.29) is 11.5 Å². The largest absolute Gasteiger partial charge is 0.330 e. The maximum absolute atomic E-state index is 13.3. The van der Waals surface area contributed by atoms with Crippen molar-refractivity contribution >= 4 is 0 Å². The van der Waals surface area contributed by atoms with Crippen molar-refractivity contribution in [3.05, 3.63) is 34.9 Å². The lowest BCUT2D eigenvalue weighted by molar-refractivity contribution is 0.510. The Kier molecular flexibility index (Phi) is 3.58. The van der Waals surface area contributed by atoms with Crippen molar-refractivity contribution in [1.82, 2.24) is 0 Å². The summed E-state index contributed by atoms with van der Waals surface area (Å²) in [7, 11) is 0. The monoisotopic (exact) mass is 199 g/mol. The van der Waals surface area contributed by atoms with E-state index in [2.05, 4.69) is 0 Å². The molecule has 1 aromatic carbocycles. The molecule has 1 rings (SSSR count). The van der Waals surface area contributed by atoms with Crippen LogP contribution in [0.25, 0.3) is 0 Å². The van der Waals surface area contributed by atoms with Crippen molar-refractivity contribution in [2.45, 2.75) is 20.3 Å². The van der Waals surface area contributed by atoms with Crippen molar-refractivity contribution < 1.29 is 8.78 Å². The van der Waals surface area contributed by atoms with E-state index >= 15 is 0 Å². The highest BCUT2D eigenvalue weighted by molar-refractivity contribution is 5.25. The molecule has 1 aromatic rings. The Hall–Kier alpha value is -0.960. The third kappa shape index (κ3) is 2.51. The van der Waals surface area contributed by atoms with Gasteiger partial charge in [0.25, 0.3) is 0 Å². The number of rotatable bonds is 3. The average molecular weight is 199 g/mol. The molecule has 0 aromatic heterocycles. The molecule has 0 spiro atoms. The van der Waals surface area contributed by atoms with Crippen molar-refractivity contribution in [1.29, 1.82) is 0 Å². The number of aryl methyl sites for hydroxylation is 1. The minimum absolute atomic E-state index is 0.0988. The van der Waals surface area contributed by atoms with E-state index in [9.17, 15) is 8.78 Å². The molecule has 0 aliphatic heterocycles. The summed E-state index contributed by atoms with van der Waals surface area (Å²) in [5.41, 5.74) is 6.15. The Labute approximate surface area is 82.9 Å². The van der Waals surface area contributed by atoms with Gasteiger partial charge in [0.15, 0.2) is 0 Å².